The largest absolute Gasteiger partial charge is 0.380 e. The Bertz CT molecular complexity index is 464. The first-order chi connectivity index (χ1) is 8.15. The quantitative estimate of drug-likeness (QED) is 0.778. The molecule has 1 aliphatic heterocycles. The Labute approximate surface area is 102 Å². The Morgan fingerprint density at radius 3 is 2.88 bits per heavy atom. The van der Waals surface area contributed by atoms with E-state index >= 15 is 0 Å². The lowest BCUT2D eigenvalue weighted by Gasteiger charge is -2.19. The molecule has 0 radical (unpaired) electrons. The summed E-state index contributed by atoms with van der Waals surface area (Å²) >= 11 is 0. The molecule has 0 saturated carbocycles. The standard InChI is InChI=1S/C13H17N3O/c1-9-6-10(2)15-13(12(9)7-14)16-5-4-11(8-16)17-3/h6,11H,4-5,8H2,1-3H3. The van der Waals surface area contributed by atoms with E-state index in [0.29, 0.717) is 5.56 Å². The minimum Gasteiger partial charge on any atom is -0.380 e. The fraction of sp³-hybridized carbons (Fsp3) is 0.538. The average molecular weight is 231 g/mol. The number of aryl methyl sites for hydroxylation is 2. The van der Waals surface area contributed by atoms with Crippen LogP contribution in [0.25, 0.3) is 0 Å². The molecule has 4 nitrogen and oxygen atoms in total. The topological polar surface area (TPSA) is 49.1 Å². The van der Waals surface area contributed by atoms with E-state index in [0.717, 1.165) is 36.6 Å². The van der Waals surface area contributed by atoms with Gasteiger partial charge < -0.3 is 9.64 Å². The van der Waals surface area contributed by atoms with Crippen LogP contribution >= 0.6 is 0 Å². The predicted octanol–water partition coefficient (Wildman–Crippen LogP) is 1.80. The third-order valence-corrected chi connectivity index (χ3v) is 3.22. The van der Waals surface area contributed by atoms with Gasteiger partial charge in [-0.25, -0.2) is 4.98 Å². The number of nitriles is 1. The first kappa shape index (κ1) is 11.9. The van der Waals surface area contributed by atoms with Gasteiger partial charge in [-0.05, 0) is 31.9 Å². The number of pyridine rings is 1. The van der Waals surface area contributed by atoms with Gasteiger partial charge in [0.2, 0.25) is 0 Å². The number of methoxy groups -OCH3 is 1. The number of aromatic nitrogens is 1. The lowest BCUT2D eigenvalue weighted by Crippen LogP contribution is -2.24. The van der Waals surface area contributed by atoms with Crippen LogP contribution in [0.15, 0.2) is 6.07 Å². The summed E-state index contributed by atoms with van der Waals surface area (Å²) < 4.78 is 5.34. The molecular formula is C13H17N3O. The van der Waals surface area contributed by atoms with Crippen molar-refractivity contribution in [2.75, 3.05) is 25.1 Å². The highest BCUT2D eigenvalue weighted by atomic mass is 16.5. The van der Waals surface area contributed by atoms with E-state index in [2.05, 4.69) is 16.0 Å². The summed E-state index contributed by atoms with van der Waals surface area (Å²) in [4.78, 5) is 6.65. The SMILES string of the molecule is COC1CCN(c2nc(C)cc(C)c2C#N)C1. The minimum absolute atomic E-state index is 0.254. The van der Waals surface area contributed by atoms with Crippen LogP contribution in [0.3, 0.4) is 0 Å². The highest BCUT2D eigenvalue weighted by Gasteiger charge is 2.25. The van der Waals surface area contributed by atoms with E-state index in [1.165, 1.54) is 0 Å². The molecule has 0 amide bonds. The number of hydrogen-bond acceptors (Lipinski definition) is 4. The number of nitrogens with zero attached hydrogens (tertiary/aromatic N) is 3. The summed E-state index contributed by atoms with van der Waals surface area (Å²) in [6.07, 6.45) is 1.25. The van der Waals surface area contributed by atoms with Crippen LogP contribution in [0, 0.1) is 25.2 Å². The van der Waals surface area contributed by atoms with E-state index in [9.17, 15) is 5.26 Å². The van der Waals surface area contributed by atoms with Crippen molar-refractivity contribution in [3.63, 3.8) is 0 Å². The fourth-order valence-electron chi connectivity index (χ4n) is 2.30. The zero-order valence-corrected chi connectivity index (χ0v) is 10.5. The summed E-state index contributed by atoms with van der Waals surface area (Å²) in [5, 5.41) is 9.23. The second-order valence-electron chi connectivity index (χ2n) is 4.48. The van der Waals surface area contributed by atoms with Gasteiger partial charge in [0.15, 0.2) is 0 Å². The third-order valence-electron chi connectivity index (χ3n) is 3.22. The molecule has 0 bridgehead atoms. The van der Waals surface area contributed by atoms with Crippen molar-refractivity contribution in [1.29, 1.82) is 5.26 Å². The number of ether oxygens (including phenoxy) is 1. The van der Waals surface area contributed by atoms with E-state index in [1.807, 2.05) is 19.9 Å². The van der Waals surface area contributed by atoms with Gasteiger partial charge in [-0.3, -0.25) is 0 Å². The molecule has 0 aromatic carbocycles. The molecule has 1 saturated heterocycles. The Hall–Kier alpha value is -1.60. The maximum absolute atomic E-state index is 9.23. The Balaban J connectivity index is 2.36. The lowest BCUT2D eigenvalue weighted by atomic mass is 10.1. The molecule has 2 heterocycles. The van der Waals surface area contributed by atoms with Crippen molar-refractivity contribution in [2.24, 2.45) is 0 Å². The van der Waals surface area contributed by atoms with Crippen LogP contribution in [0.1, 0.15) is 23.2 Å². The number of anilines is 1. The number of rotatable bonds is 2. The van der Waals surface area contributed by atoms with Gasteiger partial charge in [0.25, 0.3) is 0 Å². The van der Waals surface area contributed by atoms with E-state index in [4.69, 9.17) is 4.74 Å². The first-order valence-electron chi connectivity index (χ1n) is 5.81. The van der Waals surface area contributed by atoms with Crippen molar-refractivity contribution >= 4 is 5.82 Å². The molecular weight excluding hydrogens is 214 g/mol. The molecule has 4 heteroatoms. The summed E-state index contributed by atoms with van der Waals surface area (Å²) in [7, 11) is 1.73. The smallest absolute Gasteiger partial charge is 0.147 e. The summed E-state index contributed by atoms with van der Waals surface area (Å²) in [6.45, 7) is 5.65. The molecule has 1 aromatic heterocycles. The van der Waals surface area contributed by atoms with Gasteiger partial charge >= 0.3 is 0 Å². The molecule has 1 aromatic rings. The van der Waals surface area contributed by atoms with E-state index in [1.54, 1.807) is 7.11 Å². The maximum atomic E-state index is 9.23. The lowest BCUT2D eigenvalue weighted by molar-refractivity contribution is 0.121. The van der Waals surface area contributed by atoms with Crippen LogP contribution in [0.2, 0.25) is 0 Å². The molecule has 0 N–H and O–H groups in total. The summed E-state index contributed by atoms with van der Waals surface area (Å²) in [5.41, 5.74) is 2.64. The minimum atomic E-state index is 0.254. The zero-order valence-electron chi connectivity index (χ0n) is 10.5. The van der Waals surface area contributed by atoms with Crippen molar-refractivity contribution in [2.45, 2.75) is 26.4 Å². The second kappa shape index (κ2) is 4.72. The molecule has 2 rings (SSSR count). The van der Waals surface area contributed by atoms with Crippen LogP contribution in [-0.2, 0) is 4.74 Å². The van der Waals surface area contributed by atoms with Gasteiger partial charge in [0.1, 0.15) is 11.9 Å². The maximum Gasteiger partial charge on any atom is 0.147 e. The van der Waals surface area contributed by atoms with Crippen LogP contribution in [0.5, 0.6) is 0 Å². The van der Waals surface area contributed by atoms with Gasteiger partial charge in [-0.15, -0.1) is 0 Å². The number of hydrogen-bond donors (Lipinski definition) is 0. The Morgan fingerprint density at radius 1 is 1.53 bits per heavy atom. The molecule has 1 fully saturated rings. The molecule has 1 atom stereocenters. The van der Waals surface area contributed by atoms with Gasteiger partial charge in [0.05, 0.1) is 11.7 Å². The van der Waals surface area contributed by atoms with Gasteiger partial charge in [-0.1, -0.05) is 0 Å². The zero-order chi connectivity index (χ0) is 12.4. The Kier molecular flexibility index (Phi) is 3.30. The Morgan fingerprint density at radius 2 is 2.29 bits per heavy atom. The van der Waals surface area contributed by atoms with Gasteiger partial charge in [0, 0.05) is 25.9 Å². The van der Waals surface area contributed by atoms with Crippen molar-refractivity contribution in [3.8, 4) is 6.07 Å². The van der Waals surface area contributed by atoms with E-state index < -0.39 is 0 Å². The summed E-state index contributed by atoms with van der Waals surface area (Å²) in [5.74, 6) is 0.810. The molecule has 90 valence electrons. The molecule has 1 unspecified atom stereocenters. The van der Waals surface area contributed by atoms with Crippen molar-refractivity contribution < 1.29 is 4.74 Å². The molecule has 1 aliphatic rings. The second-order valence-corrected chi connectivity index (χ2v) is 4.48. The molecule has 0 aliphatic carbocycles. The van der Waals surface area contributed by atoms with Crippen molar-refractivity contribution in [3.05, 3.63) is 22.9 Å². The van der Waals surface area contributed by atoms with Gasteiger partial charge in [-0.2, -0.15) is 5.26 Å². The highest BCUT2D eigenvalue weighted by Crippen LogP contribution is 2.25. The first-order valence-corrected chi connectivity index (χ1v) is 5.81. The van der Waals surface area contributed by atoms with Crippen molar-refractivity contribution in [1.82, 2.24) is 4.98 Å². The van der Waals surface area contributed by atoms with Crippen LogP contribution in [-0.4, -0.2) is 31.3 Å². The monoisotopic (exact) mass is 231 g/mol. The van der Waals surface area contributed by atoms with Crippen LogP contribution in [0.4, 0.5) is 5.82 Å². The van der Waals surface area contributed by atoms with E-state index in [-0.39, 0.29) is 6.10 Å². The normalized spacial score (nSPS) is 19.4. The van der Waals surface area contributed by atoms with Crippen LogP contribution < -0.4 is 4.90 Å². The average Bonchev–Trinajstić information content (AvgIpc) is 2.76. The highest BCUT2D eigenvalue weighted by molar-refractivity contribution is 5.58. The third kappa shape index (κ3) is 2.25. The molecule has 17 heavy (non-hydrogen) atoms. The fourth-order valence-corrected chi connectivity index (χ4v) is 2.30. The predicted molar refractivity (Wildman–Crippen MR) is 66.1 cm³/mol. The molecule has 0 spiro atoms. The summed E-state index contributed by atoms with van der Waals surface area (Å²) in [6, 6.07) is 4.21.